The molecule has 4 nitrogen and oxygen atoms in total. The third-order valence-corrected chi connectivity index (χ3v) is 3.27. The van der Waals surface area contributed by atoms with Crippen LogP contribution in [-0.4, -0.2) is 20.3 Å². The van der Waals surface area contributed by atoms with Crippen molar-refractivity contribution in [2.45, 2.75) is 19.8 Å². The summed E-state index contributed by atoms with van der Waals surface area (Å²) in [5, 5.41) is 1.14. The van der Waals surface area contributed by atoms with E-state index in [-0.39, 0.29) is 5.78 Å². The third kappa shape index (κ3) is 2.32. The molecule has 0 unspecified atom stereocenters. The van der Waals surface area contributed by atoms with Crippen LogP contribution in [0.2, 0.25) is 0 Å². The highest BCUT2D eigenvalue weighted by atomic mass is 16.1. The summed E-state index contributed by atoms with van der Waals surface area (Å²) in [6.07, 6.45) is 4.68. The van der Waals surface area contributed by atoms with Gasteiger partial charge in [0.25, 0.3) is 0 Å². The van der Waals surface area contributed by atoms with E-state index in [1.807, 2.05) is 22.8 Å². The van der Waals surface area contributed by atoms with Crippen molar-refractivity contribution in [3.05, 3.63) is 54.5 Å². The van der Waals surface area contributed by atoms with E-state index in [9.17, 15) is 4.79 Å². The lowest BCUT2D eigenvalue weighted by atomic mass is 10.2. The molecule has 0 fully saturated rings. The van der Waals surface area contributed by atoms with E-state index in [1.54, 1.807) is 25.4 Å². The van der Waals surface area contributed by atoms with E-state index < -0.39 is 0 Å². The molecule has 0 radical (unpaired) electrons. The van der Waals surface area contributed by atoms with Crippen molar-refractivity contribution in [1.29, 1.82) is 0 Å². The Labute approximate surface area is 117 Å². The molecule has 0 bridgehead atoms. The SMILES string of the molecule is CC(=O)CCc1cc2ccccc2n1-c1ncccn1. The predicted octanol–water partition coefficient (Wildman–Crippen LogP) is 2.94. The maximum absolute atomic E-state index is 11.2. The fraction of sp³-hybridized carbons (Fsp3) is 0.188. The lowest BCUT2D eigenvalue weighted by molar-refractivity contribution is -0.117. The van der Waals surface area contributed by atoms with Crippen LogP contribution in [0.4, 0.5) is 0 Å². The Kier molecular flexibility index (Phi) is 3.29. The number of ketones is 1. The zero-order chi connectivity index (χ0) is 13.9. The van der Waals surface area contributed by atoms with Gasteiger partial charge in [0.2, 0.25) is 5.95 Å². The van der Waals surface area contributed by atoms with Gasteiger partial charge < -0.3 is 4.79 Å². The first-order valence-electron chi connectivity index (χ1n) is 6.62. The van der Waals surface area contributed by atoms with Crippen LogP contribution in [0.5, 0.6) is 0 Å². The van der Waals surface area contributed by atoms with Crippen molar-refractivity contribution in [3.63, 3.8) is 0 Å². The smallest absolute Gasteiger partial charge is 0.234 e. The summed E-state index contributed by atoms with van der Waals surface area (Å²) in [6, 6.07) is 12.0. The molecule has 0 spiro atoms. The molecular weight excluding hydrogens is 250 g/mol. The molecule has 0 saturated heterocycles. The molecule has 3 rings (SSSR count). The van der Waals surface area contributed by atoms with Crippen LogP contribution in [-0.2, 0) is 11.2 Å². The Bertz CT molecular complexity index is 747. The number of para-hydroxylation sites is 1. The van der Waals surface area contributed by atoms with Crippen LogP contribution in [0.25, 0.3) is 16.9 Å². The first-order valence-corrected chi connectivity index (χ1v) is 6.62. The second kappa shape index (κ2) is 5.25. The van der Waals surface area contributed by atoms with Crippen molar-refractivity contribution < 1.29 is 4.79 Å². The number of hydrogen-bond donors (Lipinski definition) is 0. The van der Waals surface area contributed by atoms with Crippen molar-refractivity contribution >= 4 is 16.7 Å². The minimum absolute atomic E-state index is 0.191. The molecule has 4 heteroatoms. The lowest BCUT2D eigenvalue weighted by Gasteiger charge is -2.07. The maximum atomic E-state index is 11.2. The second-order valence-corrected chi connectivity index (χ2v) is 4.78. The number of fused-ring (bicyclic) bond motifs is 1. The van der Waals surface area contributed by atoms with Gasteiger partial charge in [-0.1, -0.05) is 18.2 Å². The van der Waals surface area contributed by atoms with Crippen LogP contribution in [0.15, 0.2) is 48.8 Å². The summed E-state index contributed by atoms with van der Waals surface area (Å²) in [6.45, 7) is 1.62. The average Bonchev–Trinajstić information content (AvgIpc) is 2.84. The number of benzene rings is 1. The molecule has 100 valence electrons. The van der Waals surface area contributed by atoms with Gasteiger partial charge in [-0.05, 0) is 31.5 Å². The molecule has 0 saturated carbocycles. The molecule has 0 atom stereocenters. The second-order valence-electron chi connectivity index (χ2n) is 4.78. The van der Waals surface area contributed by atoms with Crippen molar-refractivity contribution in [2.75, 3.05) is 0 Å². The van der Waals surface area contributed by atoms with Gasteiger partial charge in [-0.25, -0.2) is 9.97 Å². The van der Waals surface area contributed by atoms with Crippen LogP contribution in [0, 0.1) is 0 Å². The van der Waals surface area contributed by atoms with Crippen molar-refractivity contribution in [2.24, 2.45) is 0 Å². The van der Waals surface area contributed by atoms with Crippen LogP contribution in [0.3, 0.4) is 0 Å². The summed E-state index contributed by atoms with van der Waals surface area (Å²) in [7, 11) is 0. The molecule has 0 N–H and O–H groups in total. The number of aryl methyl sites for hydroxylation is 1. The Morgan fingerprint density at radius 2 is 1.90 bits per heavy atom. The highest BCUT2D eigenvalue weighted by Crippen LogP contribution is 2.23. The van der Waals surface area contributed by atoms with Gasteiger partial charge in [0.05, 0.1) is 5.52 Å². The normalized spacial score (nSPS) is 10.8. The largest absolute Gasteiger partial charge is 0.300 e. The summed E-state index contributed by atoms with van der Waals surface area (Å²) in [5.74, 6) is 0.836. The van der Waals surface area contributed by atoms with Gasteiger partial charge in [0.15, 0.2) is 0 Å². The molecule has 2 heterocycles. The molecule has 3 aromatic rings. The van der Waals surface area contributed by atoms with Crippen molar-refractivity contribution in [1.82, 2.24) is 14.5 Å². The van der Waals surface area contributed by atoms with Crippen LogP contribution < -0.4 is 0 Å². The Balaban J connectivity index is 2.16. The first kappa shape index (κ1) is 12.5. The zero-order valence-electron chi connectivity index (χ0n) is 11.3. The molecule has 2 aromatic heterocycles. The molecule has 0 aliphatic carbocycles. The highest BCUT2D eigenvalue weighted by molar-refractivity contribution is 5.83. The number of carbonyl (C=O) groups is 1. The molecule has 20 heavy (non-hydrogen) atoms. The van der Waals surface area contributed by atoms with Gasteiger partial charge in [0.1, 0.15) is 5.78 Å². The number of Topliss-reactive ketones (excluding diaryl/α,β-unsaturated/α-hetero) is 1. The van der Waals surface area contributed by atoms with Crippen LogP contribution in [0.1, 0.15) is 19.0 Å². The predicted molar refractivity (Wildman–Crippen MR) is 77.9 cm³/mol. The number of aromatic nitrogens is 3. The minimum Gasteiger partial charge on any atom is -0.300 e. The monoisotopic (exact) mass is 265 g/mol. The summed E-state index contributed by atoms with van der Waals surface area (Å²) in [4.78, 5) is 19.9. The van der Waals surface area contributed by atoms with E-state index in [2.05, 4.69) is 22.1 Å². The fourth-order valence-corrected chi connectivity index (χ4v) is 2.34. The quantitative estimate of drug-likeness (QED) is 0.728. The van der Waals surface area contributed by atoms with E-state index in [1.165, 1.54) is 0 Å². The minimum atomic E-state index is 0.191. The summed E-state index contributed by atoms with van der Waals surface area (Å²) < 4.78 is 2.03. The summed E-state index contributed by atoms with van der Waals surface area (Å²) >= 11 is 0. The third-order valence-electron chi connectivity index (χ3n) is 3.27. The molecule has 0 aliphatic heterocycles. The van der Waals surface area contributed by atoms with E-state index in [0.717, 1.165) is 16.6 Å². The number of hydrogen-bond acceptors (Lipinski definition) is 3. The molecule has 1 aromatic carbocycles. The van der Waals surface area contributed by atoms with Gasteiger partial charge in [0, 0.05) is 29.9 Å². The lowest BCUT2D eigenvalue weighted by Crippen LogP contribution is -2.05. The van der Waals surface area contributed by atoms with Gasteiger partial charge in [-0.15, -0.1) is 0 Å². The fourth-order valence-electron chi connectivity index (χ4n) is 2.34. The number of carbonyl (C=O) groups excluding carboxylic acids is 1. The van der Waals surface area contributed by atoms with E-state index in [4.69, 9.17) is 0 Å². The van der Waals surface area contributed by atoms with E-state index >= 15 is 0 Å². The average molecular weight is 265 g/mol. The standard InChI is InChI=1S/C16H15N3O/c1-12(20)7-8-14-11-13-5-2-3-6-15(13)19(14)16-17-9-4-10-18-16/h2-6,9-11H,7-8H2,1H3. The van der Waals surface area contributed by atoms with Gasteiger partial charge >= 0.3 is 0 Å². The molecular formula is C16H15N3O. The van der Waals surface area contributed by atoms with Gasteiger partial charge in [-0.2, -0.15) is 0 Å². The number of nitrogens with zero attached hydrogens (tertiary/aromatic N) is 3. The Hall–Kier alpha value is -2.49. The maximum Gasteiger partial charge on any atom is 0.234 e. The highest BCUT2D eigenvalue weighted by Gasteiger charge is 2.12. The molecule has 0 amide bonds. The van der Waals surface area contributed by atoms with Crippen LogP contribution >= 0.6 is 0 Å². The number of rotatable bonds is 4. The van der Waals surface area contributed by atoms with E-state index in [0.29, 0.717) is 18.8 Å². The topological polar surface area (TPSA) is 47.8 Å². The summed E-state index contributed by atoms with van der Waals surface area (Å²) in [5.41, 5.74) is 2.13. The Morgan fingerprint density at radius 1 is 1.15 bits per heavy atom. The van der Waals surface area contributed by atoms with Crippen molar-refractivity contribution in [3.8, 4) is 5.95 Å². The Morgan fingerprint density at radius 3 is 2.65 bits per heavy atom. The van der Waals surface area contributed by atoms with Gasteiger partial charge in [-0.3, -0.25) is 4.57 Å². The molecule has 0 aliphatic rings. The first-order chi connectivity index (χ1) is 9.75. The zero-order valence-corrected chi connectivity index (χ0v) is 11.3.